The molecule has 0 saturated heterocycles. The molecule has 0 bridgehead atoms. The highest BCUT2D eigenvalue weighted by Gasteiger charge is 2.30. The topological polar surface area (TPSA) is 80.8 Å². The van der Waals surface area contributed by atoms with Gasteiger partial charge in [-0.2, -0.15) is 23.5 Å². The highest BCUT2D eigenvalue weighted by atomic mass is 19.4. The van der Waals surface area contributed by atoms with Gasteiger partial charge in [-0.15, -0.1) is 0 Å². The molecule has 9 heteroatoms. The number of alkyl halides is 3. The first-order chi connectivity index (χ1) is 14.3. The maximum absolute atomic E-state index is 12.7. The molecule has 0 atom stereocenters. The first-order valence-corrected chi connectivity index (χ1v) is 8.81. The third-order valence-corrected chi connectivity index (χ3v) is 4.02. The number of nitrogens with zero attached hydrogens (tertiary/aromatic N) is 4. The normalized spacial score (nSPS) is 11.8. The van der Waals surface area contributed by atoms with Crippen molar-refractivity contribution in [3.05, 3.63) is 77.4 Å². The number of halogens is 3. The molecule has 30 heavy (non-hydrogen) atoms. The third-order valence-electron chi connectivity index (χ3n) is 4.02. The average molecular weight is 412 g/mol. The zero-order valence-corrected chi connectivity index (χ0v) is 15.7. The zero-order chi connectivity index (χ0) is 21.7. The van der Waals surface area contributed by atoms with E-state index in [9.17, 15) is 23.2 Å². The van der Waals surface area contributed by atoms with Crippen molar-refractivity contribution in [3.8, 4) is 11.8 Å². The summed E-state index contributed by atoms with van der Waals surface area (Å²) in [6.07, 6.45) is -1.01. The minimum absolute atomic E-state index is 0.0260. The predicted octanol–water partition coefficient (Wildman–Crippen LogP) is 4.53. The van der Waals surface area contributed by atoms with E-state index < -0.39 is 17.7 Å². The molecular formula is C21H15F3N4O2. The van der Waals surface area contributed by atoms with Crippen LogP contribution in [0.5, 0.6) is 0 Å². The molecule has 152 valence electrons. The van der Waals surface area contributed by atoms with Crippen LogP contribution in [0.15, 0.2) is 54.9 Å². The Labute approximate surface area is 169 Å². The summed E-state index contributed by atoms with van der Waals surface area (Å²) < 4.78 is 44.7. The molecule has 0 fully saturated rings. The zero-order valence-electron chi connectivity index (χ0n) is 15.7. The molecule has 0 N–H and O–H groups in total. The van der Waals surface area contributed by atoms with Crippen molar-refractivity contribution in [2.24, 2.45) is 0 Å². The van der Waals surface area contributed by atoms with Gasteiger partial charge in [0.2, 0.25) is 0 Å². The van der Waals surface area contributed by atoms with Crippen LogP contribution in [-0.4, -0.2) is 27.3 Å². The molecule has 0 spiro atoms. The van der Waals surface area contributed by atoms with E-state index in [1.807, 2.05) is 12.1 Å². The van der Waals surface area contributed by atoms with Gasteiger partial charge >= 0.3 is 12.1 Å². The summed E-state index contributed by atoms with van der Waals surface area (Å²) in [4.78, 5) is 16.1. The lowest BCUT2D eigenvalue weighted by Crippen LogP contribution is -2.08. The van der Waals surface area contributed by atoms with Crippen LogP contribution in [0.4, 0.5) is 13.2 Å². The number of aromatic nitrogens is 3. The van der Waals surface area contributed by atoms with Gasteiger partial charge in [0.05, 0.1) is 29.1 Å². The fraction of sp³-hybridized carbons (Fsp3) is 0.143. The molecule has 3 rings (SSSR count). The minimum Gasteiger partial charge on any atom is -0.461 e. The lowest BCUT2D eigenvalue weighted by molar-refractivity contribution is -0.137. The number of ether oxygens (including phenoxy) is 1. The van der Waals surface area contributed by atoms with Gasteiger partial charge in [-0.05, 0) is 37.3 Å². The Hall–Kier alpha value is -3.93. The van der Waals surface area contributed by atoms with E-state index in [-0.39, 0.29) is 29.1 Å². The van der Waals surface area contributed by atoms with Crippen molar-refractivity contribution in [3.63, 3.8) is 0 Å². The van der Waals surface area contributed by atoms with Gasteiger partial charge in [0.25, 0.3) is 0 Å². The quantitative estimate of drug-likeness (QED) is 0.454. The Morgan fingerprint density at radius 2 is 1.97 bits per heavy atom. The van der Waals surface area contributed by atoms with E-state index in [1.165, 1.54) is 17.0 Å². The highest BCUT2D eigenvalue weighted by molar-refractivity contribution is 5.96. The molecule has 2 aromatic heterocycles. The van der Waals surface area contributed by atoms with E-state index in [4.69, 9.17) is 4.74 Å². The lowest BCUT2D eigenvalue weighted by atomic mass is 10.1. The predicted molar refractivity (Wildman–Crippen MR) is 102 cm³/mol. The largest absolute Gasteiger partial charge is 0.461 e. The van der Waals surface area contributed by atoms with Crippen LogP contribution in [0, 0.1) is 11.3 Å². The summed E-state index contributed by atoms with van der Waals surface area (Å²) >= 11 is 0. The third kappa shape index (κ3) is 4.55. The van der Waals surface area contributed by atoms with Gasteiger partial charge < -0.3 is 4.74 Å². The molecule has 0 aliphatic heterocycles. The van der Waals surface area contributed by atoms with Gasteiger partial charge in [-0.25, -0.2) is 9.48 Å². The Morgan fingerprint density at radius 3 is 2.53 bits per heavy atom. The molecule has 1 aromatic carbocycles. The van der Waals surface area contributed by atoms with Crippen molar-refractivity contribution < 1.29 is 22.7 Å². The van der Waals surface area contributed by atoms with Crippen LogP contribution in [0.25, 0.3) is 17.3 Å². The van der Waals surface area contributed by atoms with Crippen molar-refractivity contribution in [1.82, 2.24) is 14.8 Å². The number of allylic oxidation sites excluding steroid dienone is 1. The number of para-hydroxylation sites is 1. The monoisotopic (exact) mass is 412 g/mol. The number of esters is 1. The van der Waals surface area contributed by atoms with Crippen molar-refractivity contribution in [1.29, 1.82) is 5.26 Å². The van der Waals surface area contributed by atoms with Crippen molar-refractivity contribution >= 4 is 17.6 Å². The molecule has 0 saturated carbocycles. The average Bonchev–Trinajstić information content (AvgIpc) is 3.16. The smallest absolute Gasteiger partial charge is 0.417 e. The van der Waals surface area contributed by atoms with Crippen LogP contribution in [0.1, 0.15) is 34.2 Å². The van der Waals surface area contributed by atoms with Crippen LogP contribution in [0.2, 0.25) is 0 Å². The van der Waals surface area contributed by atoms with E-state index in [2.05, 4.69) is 10.1 Å². The van der Waals surface area contributed by atoms with Gasteiger partial charge in [-0.3, -0.25) is 4.98 Å². The van der Waals surface area contributed by atoms with Crippen LogP contribution < -0.4 is 0 Å². The Kier molecular flexibility index (Phi) is 5.97. The molecule has 6 nitrogen and oxygen atoms in total. The molecule has 0 aliphatic carbocycles. The summed E-state index contributed by atoms with van der Waals surface area (Å²) in [5, 5.41) is 13.7. The molecule has 0 unspecified atom stereocenters. The Morgan fingerprint density at radius 1 is 1.23 bits per heavy atom. The van der Waals surface area contributed by atoms with Crippen LogP contribution >= 0.6 is 0 Å². The number of nitriles is 1. The van der Waals surface area contributed by atoms with E-state index in [0.29, 0.717) is 11.9 Å². The van der Waals surface area contributed by atoms with E-state index in [0.717, 1.165) is 12.1 Å². The first kappa shape index (κ1) is 20.8. The standard InChI is InChI=1S/C21H15F3N4O2/c1-2-30-20(29)19-15(13-28(27-19)17-6-4-3-5-7-17)10-14(11-25)18-9-8-16(12-26-18)21(22,23)24/h3-10,12-13H,2H2,1H3/b14-10-. The summed E-state index contributed by atoms with van der Waals surface area (Å²) in [5.41, 5.74) is 0.00656. The van der Waals surface area contributed by atoms with Gasteiger partial charge in [-0.1, -0.05) is 18.2 Å². The maximum Gasteiger partial charge on any atom is 0.417 e. The van der Waals surface area contributed by atoms with Gasteiger partial charge in [0, 0.05) is 18.0 Å². The molecule has 0 amide bonds. The molecular weight excluding hydrogens is 397 g/mol. The fourth-order valence-corrected chi connectivity index (χ4v) is 2.60. The summed E-state index contributed by atoms with van der Waals surface area (Å²) in [6.45, 7) is 1.78. The van der Waals surface area contributed by atoms with Gasteiger partial charge in [0.15, 0.2) is 5.69 Å². The fourth-order valence-electron chi connectivity index (χ4n) is 2.60. The number of rotatable bonds is 5. The second-order valence-electron chi connectivity index (χ2n) is 6.03. The number of carbonyl (C=O) groups excluding carboxylic acids is 1. The summed E-state index contributed by atoms with van der Waals surface area (Å²) in [5.74, 6) is -0.684. The number of benzene rings is 1. The second kappa shape index (κ2) is 8.61. The van der Waals surface area contributed by atoms with Crippen molar-refractivity contribution in [2.45, 2.75) is 13.1 Å². The first-order valence-electron chi connectivity index (χ1n) is 8.81. The molecule has 2 heterocycles. The number of hydrogen-bond acceptors (Lipinski definition) is 5. The van der Waals surface area contributed by atoms with Gasteiger partial charge in [0.1, 0.15) is 6.07 Å². The van der Waals surface area contributed by atoms with Crippen LogP contribution in [0.3, 0.4) is 0 Å². The molecule has 3 aromatic rings. The Bertz CT molecular complexity index is 1110. The highest BCUT2D eigenvalue weighted by Crippen LogP contribution is 2.29. The lowest BCUT2D eigenvalue weighted by Gasteiger charge is -2.06. The van der Waals surface area contributed by atoms with E-state index in [1.54, 1.807) is 31.2 Å². The molecule has 0 aliphatic rings. The maximum atomic E-state index is 12.7. The Balaban J connectivity index is 2.05. The number of hydrogen-bond donors (Lipinski definition) is 0. The van der Waals surface area contributed by atoms with E-state index >= 15 is 0 Å². The number of pyridine rings is 1. The SMILES string of the molecule is CCOC(=O)c1nn(-c2ccccc2)cc1/C=C(/C#N)c1ccc(C(F)(F)F)cn1. The minimum atomic E-state index is -4.53. The van der Waals surface area contributed by atoms with Crippen molar-refractivity contribution in [2.75, 3.05) is 6.61 Å². The second-order valence-corrected chi connectivity index (χ2v) is 6.03. The number of carbonyl (C=O) groups is 1. The summed E-state index contributed by atoms with van der Waals surface area (Å²) in [7, 11) is 0. The van der Waals surface area contributed by atoms with Crippen LogP contribution in [-0.2, 0) is 10.9 Å². The summed E-state index contributed by atoms with van der Waals surface area (Å²) in [6, 6.07) is 12.8. The molecule has 0 radical (unpaired) electrons.